The average molecular weight is 360 g/mol. The van der Waals surface area contributed by atoms with E-state index in [0.29, 0.717) is 25.9 Å². The molecule has 0 aromatic heterocycles. The standard InChI is InChI=1S/C21H28O5/c1-4-25-16(22)14-15-18(3)7-5-8-21(15,26-17(18)23)13-6-9-20(24)11-19(13,14)10-12(20)2/h13-15,24H,2,4-11H2,1,3H3/t13-,14-,15-,18-,19+,20+,21-/m1/s1. The van der Waals surface area contributed by atoms with E-state index in [9.17, 15) is 14.7 Å². The summed E-state index contributed by atoms with van der Waals surface area (Å²) in [6.07, 6.45) is 5.17. The lowest BCUT2D eigenvalue weighted by Crippen LogP contribution is -2.48. The molecule has 5 rings (SSSR count). The molecule has 1 heterocycles. The van der Waals surface area contributed by atoms with Crippen LogP contribution >= 0.6 is 0 Å². The molecule has 0 aromatic rings. The molecular formula is C21H28O5. The summed E-state index contributed by atoms with van der Waals surface area (Å²) in [5.74, 6) is -0.777. The highest BCUT2D eigenvalue weighted by molar-refractivity contribution is 5.85. The SMILES string of the molecule is C=C1C[C@]23C[C@@]1(O)CC[C@H]2[C@@]12CCC[C@@](C)(C(=O)O1)[C@H]2[C@@H]3C(=O)OCC. The normalized spacial score (nSPS) is 53.9. The molecule has 0 aromatic carbocycles. The summed E-state index contributed by atoms with van der Waals surface area (Å²) in [6.45, 7) is 8.29. The van der Waals surface area contributed by atoms with Crippen LogP contribution in [-0.2, 0) is 19.1 Å². The van der Waals surface area contributed by atoms with Crippen molar-refractivity contribution in [3.05, 3.63) is 12.2 Å². The Morgan fingerprint density at radius 1 is 1.38 bits per heavy atom. The van der Waals surface area contributed by atoms with E-state index in [4.69, 9.17) is 9.47 Å². The van der Waals surface area contributed by atoms with Gasteiger partial charge in [0.2, 0.25) is 0 Å². The van der Waals surface area contributed by atoms with Crippen molar-refractivity contribution in [1.82, 2.24) is 0 Å². The van der Waals surface area contributed by atoms with Crippen molar-refractivity contribution < 1.29 is 24.2 Å². The van der Waals surface area contributed by atoms with Crippen LogP contribution in [0.15, 0.2) is 12.2 Å². The van der Waals surface area contributed by atoms with Gasteiger partial charge in [-0.1, -0.05) is 6.58 Å². The summed E-state index contributed by atoms with van der Waals surface area (Å²) in [6, 6.07) is 0. The fourth-order valence-electron chi connectivity index (χ4n) is 7.91. The molecule has 7 atom stereocenters. The van der Waals surface area contributed by atoms with Gasteiger partial charge < -0.3 is 14.6 Å². The fraction of sp³-hybridized carbons (Fsp3) is 0.810. The number of hydrogen-bond donors (Lipinski definition) is 1. The van der Waals surface area contributed by atoms with Gasteiger partial charge in [0.25, 0.3) is 0 Å². The van der Waals surface area contributed by atoms with E-state index in [0.717, 1.165) is 31.3 Å². The second-order valence-electron chi connectivity index (χ2n) is 9.64. The quantitative estimate of drug-likeness (QED) is 0.605. The van der Waals surface area contributed by atoms with Crippen LogP contribution in [0.1, 0.15) is 58.8 Å². The molecule has 4 bridgehead atoms. The first-order valence-corrected chi connectivity index (χ1v) is 10.0. The number of rotatable bonds is 2. The van der Waals surface area contributed by atoms with Crippen LogP contribution in [-0.4, -0.2) is 34.9 Å². The first-order valence-electron chi connectivity index (χ1n) is 10.0. The Labute approximate surface area is 154 Å². The maximum Gasteiger partial charge on any atom is 0.312 e. The summed E-state index contributed by atoms with van der Waals surface area (Å²) in [5, 5.41) is 11.1. The summed E-state index contributed by atoms with van der Waals surface area (Å²) in [7, 11) is 0. The van der Waals surface area contributed by atoms with Gasteiger partial charge in [-0.2, -0.15) is 0 Å². The Hall–Kier alpha value is -1.36. The Kier molecular flexibility index (Phi) is 3.05. The molecule has 5 fully saturated rings. The zero-order chi connectivity index (χ0) is 18.5. The van der Waals surface area contributed by atoms with E-state index in [1.807, 2.05) is 13.8 Å². The predicted octanol–water partition coefficient (Wildman–Crippen LogP) is 2.76. The highest BCUT2D eigenvalue weighted by Gasteiger charge is 2.83. The monoisotopic (exact) mass is 360 g/mol. The summed E-state index contributed by atoms with van der Waals surface area (Å²) >= 11 is 0. The molecule has 1 N–H and O–H groups in total. The minimum atomic E-state index is -0.879. The van der Waals surface area contributed by atoms with E-state index < -0.39 is 22.5 Å². The Morgan fingerprint density at radius 2 is 2.15 bits per heavy atom. The number of esters is 2. The lowest BCUT2D eigenvalue weighted by atomic mass is 9.60. The molecule has 4 saturated carbocycles. The lowest BCUT2D eigenvalue weighted by Gasteiger charge is -2.45. The molecule has 5 aliphatic rings. The minimum absolute atomic E-state index is 0.111. The van der Waals surface area contributed by atoms with Crippen molar-refractivity contribution in [3.63, 3.8) is 0 Å². The molecule has 0 unspecified atom stereocenters. The van der Waals surface area contributed by atoms with Gasteiger partial charge in [-0.05, 0) is 69.8 Å². The van der Waals surface area contributed by atoms with E-state index >= 15 is 0 Å². The zero-order valence-corrected chi connectivity index (χ0v) is 15.7. The number of fused-ring (bicyclic) bond motifs is 1. The average Bonchev–Trinajstić information content (AvgIpc) is 2.96. The summed E-state index contributed by atoms with van der Waals surface area (Å²) in [5.41, 5.74) is -1.60. The van der Waals surface area contributed by atoms with Crippen LogP contribution in [0.3, 0.4) is 0 Å². The third-order valence-corrected chi connectivity index (χ3v) is 8.67. The second kappa shape index (κ2) is 4.73. The molecular weight excluding hydrogens is 332 g/mol. The maximum atomic E-state index is 13.2. The topological polar surface area (TPSA) is 72.8 Å². The van der Waals surface area contributed by atoms with Crippen LogP contribution in [0.25, 0.3) is 0 Å². The van der Waals surface area contributed by atoms with Gasteiger partial charge in [-0.15, -0.1) is 0 Å². The van der Waals surface area contributed by atoms with E-state index in [2.05, 4.69) is 6.58 Å². The van der Waals surface area contributed by atoms with Gasteiger partial charge in [0.1, 0.15) is 5.60 Å². The van der Waals surface area contributed by atoms with Crippen molar-refractivity contribution in [2.75, 3.05) is 6.61 Å². The fourth-order valence-corrected chi connectivity index (χ4v) is 7.91. The van der Waals surface area contributed by atoms with Gasteiger partial charge in [-0.25, -0.2) is 0 Å². The molecule has 0 radical (unpaired) electrons. The lowest BCUT2D eigenvalue weighted by molar-refractivity contribution is -0.164. The number of carbonyl (C=O) groups is 2. The van der Waals surface area contributed by atoms with Gasteiger partial charge in [0, 0.05) is 11.8 Å². The maximum absolute atomic E-state index is 13.2. The van der Waals surface area contributed by atoms with Crippen molar-refractivity contribution in [2.45, 2.75) is 70.0 Å². The number of carbonyl (C=O) groups excluding carboxylic acids is 2. The second-order valence-corrected chi connectivity index (χ2v) is 9.64. The molecule has 0 amide bonds. The number of hydrogen-bond acceptors (Lipinski definition) is 5. The molecule has 1 saturated heterocycles. The first kappa shape index (κ1) is 16.8. The largest absolute Gasteiger partial charge is 0.466 e. The predicted molar refractivity (Wildman–Crippen MR) is 92.9 cm³/mol. The van der Waals surface area contributed by atoms with Crippen LogP contribution in [0.4, 0.5) is 0 Å². The third kappa shape index (κ3) is 1.59. The van der Waals surface area contributed by atoms with Crippen molar-refractivity contribution in [3.8, 4) is 0 Å². The van der Waals surface area contributed by atoms with Crippen molar-refractivity contribution >= 4 is 11.9 Å². The Bertz CT molecular complexity index is 730. The van der Waals surface area contributed by atoms with Gasteiger partial charge >= 0.3 is 11.9 Å². The van der Waals surface area contributed by atoms with Crippen molar-refractivity contribution in [2.24, 2.45) is 28.6 Å². The van der Waals surface area contributed by atoms with Gasteiger partial charge in [0.15, 0.2) is 0 Å². The molecule has 1 aliphatic heterocycles. The van der Waals surface area contributed by atoms with Gasteiger partial charge in [-0.3, -0.25) is 9.59 Å². The molecule has 4 aliphatic carbocycles. The molecule has 5 heteroatoms. The molecule has 5 nitrogen and oxygen atoms in total. The van der Waals surface area contributed by atoms with Crippen LogP contribution < -0.4 is 0 Å². The minimum Gasteiger partial charge on any atom is -0.466 e. The van der Waals surface area contributed by atoms with Crippen LogP contribution in [0, 0.1) is 28.6 Å². The summed E-state index contributed by atoms with van der Waals surface area (Å²) in [4.78, 5) is 26.1. The van der Waals surface area contributed by atoms with Crippen LogP contribution in [0.2, 0.25) is 0 Å². The van der Waals surface area contributed by atoms with Crippen LogP contribution in [0.5, 0.6) is 0 Å². The first-order chi connectivity index (χ1) is 12.2. The third-order valence-electron chi connectivity index (χ3n) is 8.67. The smallest absolute Gasteiger partial charge is 0.312 e. The zero-order valence-electron chi connectivity index (χ0n) is 15.7. The summed E-state index contributed by atoms with van der Waals surface area (Å²) < 4.78 is 11.7. The molecule has 26 heavy (non-hydrogen) atoms. The van der Waals surface area contributed by atoms with E-state index in [1.54, 1.807) is 0 Å². The van der Waals surface area contributed by atoms with Gasteiger partial charge in [0.05, 0.1) is 23.5 Å². The number of aliphatic hydroxyl groups is 1. The Morgan fingerprint density at radius 3 is 2.88 bits per heavy atom. The van der Waals surface area contributed by atoms with E-state index in [-0.39, 0.29) is 29.2 Å². The Balaban J connectivity index is 1.72. The number of ether oxygens (including phenoxy) is 2. The van der Waals surface area contributed by atoms with E-state index in [1.165, 1.54) is 0 Å². The van der Waals surface area contributed by atoms with Crippen molar-refractivity contribution in [1.29, 1.82) is 0 Å². The highest BCUT2D eigenvalue weighted by atomic mass is 16.6. The molecule has 1 spiro atoms. The highest BCUT2D eigenvalue weighted by Crippen LogP contribution is 2.78. The molecule has 142 valence electrons.